The highest BCUT2D eigenvalue weighted by atomic mass is 32.7. The van der Waals surface area contributed by atoms with Crippen LogP contribution in [0.4, 0.5) is 5.82 Å². The van der Waals surface area contributed by atoms with E-state index < -0.39 is 24.9 Å². The third kappa shape index (κ3) is 2.13. The van der Waals surface area contributed by atoms with Crippen LogP contribution in [0.3, 0.4) is 0 Å². The minimum Gasteiger partial charge on any atom is -0.382 e. The molecule has 0 saturated carbocycles. The molecule has 0 spiro atoms. The molecular weight excluding hydrogens is 331 g/mol. The normalized spacial score (nSPS) is 38.3. The topological polar surface area (TPSA) is 140 Å². The summed E-state index contributed by atoms with van der Waals surface area (Å²) in [4.78, 5) is 12.2. The van der Waals surface area contributed by atoms with E-state index in [2.05, 4.69) is 27.2 Å². The molecule has 0 bridgehead atoms. The summed E-state index contributed by atoms with van der Waals surface area (Å²) in [6.07, 6.45) is 2.08. The summed E-state index contributed by atoms with van der Waals surface area (Å²) in [6, 6.07) is 0. The third-order valence-electron chi connectivity index (χ3n) is 3.73. The van der Waals surface area contributed by atoms with E-state index in [1.54, 1.807) is 10.9 Å². The number of fused-ring (bicyclic) bond motifs is 2. The van der Waals surface area contributed by atoms with Gasteiger partial charge in [0, 0.05) is 6.42 Å². The molecule has 4 unspecified atom stereocenters. The lowest BCUT2D eigenvalue weighted by molar-refractivity contribution is -0.0910. The highest BCUT2D eigenvalue weighted by Gasteiger charge is 2.55. The van der Waals surface area contributed by atoms with Gasteiger partial charge < -0.3 is 16.2 Å². The standard InChI is InChI=1S/C10H13N6O4PS/c11-8-7-9(14-3-13-8)16(4-15-7)6-1-10(12)5(19-6)2-18-21(17,22)20-10/h3-6H,1-2,12H2,(H,17,22)(H2,11,13,14). The molecule has 2 aliphatic heterocycles. The lowest BCUT2D eigenvalue weighted by atomic mass is 10.1. The number of hydrogen-bond donors (Lipinski definition) is 3. The Bertz CT molecular complexity index is 801. The van der Waals surface area contributed by atoms with E-state index in [9.17, 15) is 4.57 Å². The van der Waals surface area contributed by atoms with Crippen molar-refractivity contribution in [3.05, 3.63) is 12.7 Å². The molecule has 2 aromatic heterocycles. The number of nitrogen functional groups attached to an aromatic ring is 1. The molecule has 4 rings (SSSR count). The van der Waals surface area contributed by atoms with Gasteiger partial charge in [-0.1, -0.05) is 12.2 Å². The van der Waals surface area contributed by atoms with Crippen molar-refractivity contribution in [2.75, 3.05) is 12.3 Å². The van der Waals surface area contributed by atoms with Gasteiger partial charge in [0.15, 0.2) is 17.2 Å². The van der Waals surface area contributed by atoms with Crippen LogP contribution in [0.5, 0.6) is 0 Å². The molecule has 22 heavy (non-hydrogen) atoms. The van der Waals surface area contributed by atoms with Crippen molar-refractivity contribution in [1.82, 2.24) is 19.5 Å². The number of ether oxygens (including phenoxy) is 1. The van der Waals surface area contributed by atoms with Gasteiger partial charge in [0.25, 0.3) is 0 Å². The van der Waals surface area contributed by atoms with Gasteiger partial charge in [0.1, 0.15) is 24.2 Å². The highest BCUT2D eigenvalue weighted by Crippen LogP contribution is 2.61. The fourth-order valence-electron chi connectivity index (χ4n) is 2.68. The molecule has 118 valence electrons. The quantitative estimate of drug-likeness (QED) is 0.496. The van der Waals surface area contributed by atoms with Crippen molar-refractivity contribution >= 4 is 36.0 Å². The van der Waals surface area contributed by atoms with Gasteiger partial charge in [0.05, 0.1) is 12.9 Å². The number of hydrogen-bond acceptors (Lipinski definition) is 9. The largest absolute Gasteiger partial charge is 0.388 e. The van der Waals surface area contributed by atoms with Crippen LogP contribution in [0.2, 0.25) is 0 Å². The molecule has 2 fully saturated rings. The van der Waals surface area contributed by atoms with Gasteiger partial charge >= 0.3 is 6.80 Å². The molecule has 4 N–H and O–H groups in total. The maximum absolute atomic E-state index is 11.9. The smallest absolute Gasteiger partial charge is 0.382 e. The average Bonchev–Trinajstić information content (AvgIpc) is 2.98. The van der Waals surface area contributed by atoms with Crippen LogP contribution < -0.4 is 11.5 Å². The SMILES string of the molecule is Nc1ncnc2c1ncn2C1CC2(N)OP(=O)(S)OCC2O1. The zero-order valence-electron chi connectivity index (χ0n) is 11.2. The van der Waals surface area contributed by atoms with Crippen molar-refractivity contribution in [2.45, 2.75) is 24.5 Å². The summed E-state index contributed by atoms with van der Waals surface area (Å²) in [6.45, 7) is -3.42. The Labute approximate surface area is 129 Å². The van der Waals surface area contributed by atoms with Crippen LogP contribution in [0.25, 0.3) is 11.2 Å². The fourth-order valence-corrected chi connectivity index (χ4v) is 4.34. The van der Waals surface area contributed by atoms with Gasteiger partial charge in [-0.2, -0.15) is 0 Å². The predicted molar refractivity (Wildman–Crippen MR) is 78.8 cm³/mol. The summed E-state index contributed by atoms with van der Waals surface area (Å²) in [5, 5.41) is 0. The summed E-state index contributed by atoms with van der Waals surface area (Å²) < 4.78 is 29.7. The van der Waals surface area contributed by atoms with Crippen LogP contribution >= 0.6 is 19.0 Å². The number of anilines is 1. The summed E-state index contributed by atoms with van der Waals surface area (Å²) in [7, 11) is 0. The number of aromatic nitrogens is 4. The minimum absolute atomic E-state index is 0.0392. The minimum atomic E-state index is -3.46. The lowest BCUT2D eigenvalue weighted by Crippen LogP contribution is -2.53. The molecule has 0 aliphatic carbocycles. The van der Waals surface area contributed by atoms with E-state index in [1.807, 2.05) is 0 Å². The van der Waals surface area contributed by atoms with Gasteiger partial charge in [-0.05, 0) is 0 Å². The van der Waals surface area contributed by atoms with E-state index in [4.69, 9.17) is 25.3 Å². The van der Waals surface area contributed by atoms with E-state index in [0.717, 1.165) is 0 Å². The Balaban J connectivity index is 1.70. The zero-order chi connectivity index (χ0) is 15.5. The van der Waals surface area contributed by atoms with Crippen molar-refractivity contribution in [3.8, 4) is 0 Å². The number of nitrogens with two attached hydrogens (primary N) is 2. The van der Waals surface area contributed by atoms with E-state index in [-0.39, 0.29) is 18.8 Å². The number of thiol groups is 1. The van der Waals surface area contributed by atoms with Crippen LogP contribution in [-0.4, -0.2) is 38.0 Å². The van der Waals surface area contributed by atoms with E-state index >= 15 is 0 Å². The van der Waals surface area contributed by atoms with Gasteiger partial charge in [-0.3, -0.25) is 13.6 Å². The Kier molecular flexibility index (Phi) is 3.03. The summed E-state index contributed by atoms with van der Waals surface area (Å²) in [5.74, 6) is 0.279. The van der Waals surface area contributed by atoms with Crippen molar-refractivity contribution in [1.29, 1.82) is 0 Å². The first kappa shape index (κ1) is 14.4. The maximum Gasteiger partial charge on any atom is 0.388 e. The molecular formula is C10H13N6O4PS. The Morgan fingerprint density at radius 1 is 1.45 bits per heavy atom. The molecule has 2 aromatic rings. The molecule has 0 amide bonds. The highest BCUT2D eigenvalue weighted by molar-refractivity contribution is 8.44. The second-order valence-corrected chi connectivity index (χ2v) is 8.02. The van der Waals surface area contributed by atoms with Gasteiger partial charge in [0.2, 0.25) is 0 Å². The van der Waals surface area contributed by atoms with Gasteiger partial charge in [-0.15, -0.1) is 0 Å². The summed E-state index contributed by atoms with van der Waals surface area (Å²) >= 11 is 3.85. The first-order valence-corrected chi connectivity index (χ1v) is 9.13. The number of rotatable bonds is 1. The third-order valence-corrected chi connectivity index (χ3v) is 5.37. The zero-order valence-corrected chi connectivity index (χ0v) is 13.0. The van der Waals surface area contributed by atoms with Crippen molar-refractivity contribution < 1.29 is 18.3 Å². The number of imidazole rings is 1. The second-order valence-electron chi connectivity index (χ2n) is 5.18. The fraction of sp³-hybridized carbons (Fsp3) is 0.500. The monoisotopic (exact) mass is 344 g/mol. The predicted octanol–water partition coefficient (Wildman–Crippen LogP) is 0.436. The molecule has 0 aromatic carbocycles. The van der Waals surface area contributed by atoms with Gasteiger partial charge in [-0.25, -0.2) is 19.5 Å². The molecule has 2 aliphatic rings. The Morgan fingerprint density at radius 3 is 3.09 bits per heavy atom. The van der Waals surface area contributed by atoms with E-state index in [1.165, 1.54) is 6.33 Å². The molecule has 4 atom stereocenters. The first-order chi connectivity index (χ1) is 10.4. The van der Waals surface area contributed by atoms with Crippen LogP contribution in [-0.2, 0) is 18.3 Å². The molecule has 2 saturated heterocycles. The molecule has 4 heterocycles. The van der Waals surface area contributed by atoms with Crippen LogP contribution in [0.15, 0.2) is 12.7 Å². The lowest BCUT2D eigenvalue weighted by Gasteiger charge is -2.35. The maximum atomic E-state index is 11.9. The second kappa shape index (κ2) is 4.63. The Morgan fingerprint density at radius 2 is 2.27 bits per heavy atom. The Hall–Kier alpha value is -1.23. The van der Waals surface area contributed by atoms with E-state index in [0.29, 0.717) is 11.2 Å². The average molecular weight is 344 g/mol. The van der Waals surface area contributed by atoms with Crippen LogP contribution in [0.1, 0.15) is 12.6 Å². The van der Waals surface area contributed by atoms with Crippen LogP contribution in [0, 0.1) is 0 Å². The molecule has 12 heteroatoms. The van der Waals surface area contributed by atoms with Crippen molar-refractivity contribution in [3.63, 3.8) is 0 Å². The first-order valence-electron chi connectivity index (χ1n) is 6.43. The molecule has 10 nitrogen and oxygen atoms in total. The van der Waals surface area contributed by atoms with Crippen molar-refractivity contribution in [2.24, 2.45) is 5.73 Å². The molecule has 0 radical (unpaired) electrons. The summed E-state index contributed by atoms with van der Waals surface area (Å²) in [5.41, 5.74) is 11.7. The number of nitrogens with zero attached hydrogens (tertiary/aromatic N) is 4.